The maximum Gasteiger partial charge on any atom is 0.335 e. The Morgan fingerprint density at radius 1 is 0.395 bits per heavy atom. The molecule has 16 heteroatoms. The highest BCUT2D eigenvalue weighted by Gasteiger charge is 2.26. The van der Waals surface area contributed by atoms with Crippen LogP contribution >= 0.6 is 0 Å². The molecule has 632 valence electrons. The molecule has 0 radical (unpaired) electrons. The van der Waals surface area contributed by atoms with E-state index in [4.69, 9.17) is 48.5 Å². The molecule has 0 heterocycles. The molecule has 4 aliphatic carbocycles. The average Bonchev–Trinajstić information content (AvgIpc) is 1.64. The summed E-state index contributed by atoms with van der Waals surface area (Å²) in [7, 11) is 9.88. The molecule has 5 N–H and O–H groups in total. The van der Waals surface area contributed by atoms with Crippen LogP contribution in [0, 0.1) is 24.6 Å². The molecule has 0 aliphatic heterocycles. The molecule has 4 aliphatic rings. The van der Waals surface area contributed by atoms with Gasteiger partial charge >= 0.3 is 17.9 Å². The van der Waals surface area contributed by atoms with E-state index in [2.05, 4.69) is 122 Å². The quantitative estimate of drug-likeness (QED) is 0.0303. The van der Waals surface area contributed by atoms with E-state index in [0.29, 0.717) is 30.8 Å². The predicted molar refractivity (Wildman–Crippen MR) is 488 cm³/mol. The summed E-state index contributed by atoms with van der Waals surface area (Å²) in [6.07, 6.45) is 18.7. The van der Waals surface area contributed by atoms with Crippen molar-refractivity contribution < 1.29 is 77.5 Å². The first-order valence-corrected chi connectivity index (χ1v) is 40.9. The number of hydrogen-bond acceptors (Lipinski definition) is 12. The van der Waals surface area contributed by atoms with Crippen LogP contribution in [0.5, 0.6) is 40.2 Å². The van der Waals surface area contributed by atoms with Crippen molar-refractivity contribution in [2.45, 2.75) is 111 Å². The molecule has 0 fully saturated rings. The molecule has 0 bridgehead atoms. The maximum absolute atomic E-state index is 14.6. The van der Waals surface area contributed by atoms with Crippen LogP contribution in [0.1, 0.15) is 167 Å². The Hall–Kier alpha value is -14.0. The third-order valence-corrected chi connectivity index (χ3v) is 22.4. The van der Waals surface area contributed by atoms with Crippen molar-refractivity contribution in [1.29, 1.82) is 0 Å². The molecular formula is C108H103FO15. The fourth-order valence-corrected chi connectivity index (χ4v) is 16.2. The summed E-state index contributed by atoms with van der Waals surface area (Å²) in [5, 5.41) is 46.3. The fraction of sp³-hybridized carbons (Fsp3) is 0.213. The monoisotopic (exact) mass is 1660 g/mol. The van der Waals surface area contributed by atoms with Crippen molar-refractivity contribution in [3.8, 4) is 52.1 Å². The van der Waals surface area contributed by atoms with Gasteiger partial charge in [0.1, 0.15) is 52.7 Å². The molecule has 0 saturated heterocycles. The molecule has 12 aromatic rings. The zero-order chi connectivity index (χ0) is 86.5. The summed E-state index contributed by atoms with van der Waals surface area (Å²) in [5.74, 6) is 9.13. The molecule has 0 unspecified atom stereocenters. The standard InChI is InChI=1S/C27H25FO4.C27H26O4.C27H24O2.C26H24O5.CH4/c1-32-23-14-18(12-19(15-23)16-29)13-22-8-10-24-25(28)11-9-20(26(22)24)5-2-17-3-6-21(7-4-17)27(30)31;1-30-24-15-19(16-25(17-24)31-2)14-23-13-12-21-5-3-4-20(26(21)23)9-6-18-7-10-22(11-8-18)27(28)29;1-19-6-8-20(9-7-19)10-11-23-4-3-5-24-12-13-25(27(23)24)15-21-14-22(18-28)17-26(16-21)29-2;1-29-22-13-18(14-23(15-22)30-2)12-21-11-10-19-4-3-5-24(25(19)21)31-16-17-6-8-20(9-7-17)26(27)28;/h3-4,6-9,11-12,14-15,29H,2,5,10,13,16H2,1H3,(H,30,31);3-5,7-8,10-11,13,15-17H,6,9,12,14H2,1-2H3,(H,28,29);3-9,13-14,16-17,28H,12,15,18H2,1-2H3;3-9,12-15H,10-11,16H2,1-2H3,(H,27,28);1H4/b;;;21-12+;. The largest absolute Gasteiger partial charge is 0.497 e. The van der Waals surface area contributed by atoms with Gasteiger partial charge < -0.3 is 58.7 Å². The van der Waals surface area contributed by atoms with Crippen LogP contribution in [0.25, 0.3) is 28.4 Å². The molecule has 15 nitrogen and oxygen atoms in total. The van der Waals surface area contributed by atoms with Gasteiger partial charge in [0.05, 0.1) is 72.6 Å². The second-order valence-electron chi connectivity index (χ2n) is 30.6. The number of fused-ring (bicyclic) bond motifs is 4. The lowest BCUT2D eigenvalue weighted by molar-refractivity contribution is 0.0686. The van der Waals surface area contributed by atoms with Crippen molar-refractivity contribution in [2.75, 3.05) is 42.7 Å². The molecular weight excluding hydrogens is 1560 g/mol. The number of ether oxygens (including phenoxy) is 7. The van der Waals surface area contributed by atoms with Crippen LogP contribution in [0.3, 0.4) is 0 Å². The number of carboxylic acids is 3. The Labute approximate surface area is 725 Å². The highest BCUT2D eigenvalue weighted by Crippen LogP contribution is 2.43. The number of methoxy groups -OCH3 is 6. The number of aliphatic hydroxyl groups excluding tert-OH is 2. The molecule has 16 rings (SSSR count). The average molecular weight is 1660 g/mol. The van der Waals surface area contributed by atoms with E-state index in [1.807, 2.05) is 97.1 Å². The van der Waals surface area contributed by atoms with Crippen LogP contribution in [0.15, 0.2) is 255 Å². The Morgan fingerprint density at radius 3 is 1.33 bits per heavy atom. The number of carboxylic acid groups (broad SMARTS) is 3. The van der Waals surface area contributed by atoms with Crippen LogP contribution in [0.4, 0.5) is 4.39 Å². The minimum Gasteiger partial charge on any atom is -0.497 e. The third kappa shape index (κ3) is 22.8. The minimum absolute atomic E-state index is 0. The fourth-order valence-electron chi connectivity index (χ4n) is 16.2. The van der Waals surface area contributed by atoms with Gasteiger partial charge in [0.2, 0.25) is 0 Å². The summed E-state index contributed by atoms with van der Waals surface area (Å²) >= 11 is 0. The number of rotatable bonds is 27. The van der Waals surface area contributed by atoms with Crippen LogP contribution in [-0.2, 0) is 90.4 Å². The van der Waals surface area contributed by atoms with Crippen LogP contribution in [0.2, 0.25) is 0 Å². The van der Waals surface area contributed by atoms with Crippen molar-refractivity contribution in [2.24, 2.45) is 0 Å². The third-order valence-electron chi connectivity index (χ3n) is 22.4. The SMILES string of the molecule is C.COc1cc(/C=C2\CCc3cccc(OCc4ccc(C(=O)O)cc4)c32)cc(OC)c1.COc1cc(CC2=CCc3cccc(CCc4ccc(C(=O)O)cc4)c32)cc(OC)c1.COc1cc(CO)cc(CC2=CCc3c(F)ccc(CCc4ccc(C(=O)O)cc4)c32)c1.COc1cc(CO)cc(CC2=CCc3cccc(C#Cc4ccc(C)cc4)c32)c1. The van der Waals surface area contributed by atoms with E-state index in [1.54, 1.807) is 97.3 Å². The number of aromatic carboxylic acids is 3. The number of carbonyl (C=O) groups is 3. The van der Waals surface area contributed by atoms with Gasteiger partial charge in [-0.1, -0.05) is 158 Å². The Morgan fingerprint density at radius 2 is 0.823 bits per heavy atom. The van der Waals surface area contributed by atoms with E-state index in [-0.39, 0.29) is 37.6 Å². The van der Waals surface area contributed by atoms with Gasteiger partial charge in [-0.25, -0.2) is 18.8 Å². The number of allylic oxidation sites excluding steroid dienone is 7. The second kappa shape index (κ2) is 42.5. The molecule has 0 saturated carbocycles. The van der Waals surface area contributed by atoms with Crippen molar-refractivity contribution in [3.63, 3.8) is 0 Å². The smallest absolute Gasteiger partial charge is 0.335 e. The van der Waals surface area contributed by atoms with Crippen molar-refractivity contribution in [3.05, 3.63) is 400 Å². The predicted octanol–water partition coefficient (Wildman–Crippen LogP) is 21.5. The zero-order valence-electron chi connectivity index (χ0n) is 70.1. The van der Waals surface area contributed by atoms with Crippen molar-refractivity contribution in [1.82, 2.24) is 0 Å². The summed E-state index contributed by atoms with van der Waals surface area (Å²) in [4.78, 5) is 33.2. The van der Waals surface area contributed by atoms with Gasteiger partial charge in [-0.05, 0) is 322 Å². The van der Waals surface area contributed by atoms with Gasteiger partial charge in [0, 0.05) is 28.8 Å². The Kier molecular flexibility index (Phi) is 30.6. The maximum atomic E-state index is 14.6. The minimum atomic E-state index is -0.940. The van der Waals surface area contributed by atoms with Gasteiger partial charge in [0.15, 0.2) is 0 Å². The highest BCUT2D eigenvalue weighted by atomic mass is 19.1. The Bertz CT molecular complexity index is 5950. The lowest BCUT2D eigenvalue weighted by atomic mass is 9.91. The zero-order valence-corrected chi connectivity index (χ0v) is 70.1. The lowest BCUT2D eigenvalue weighted by Gasteiger charge is -2.15. The summed E-state index contributed by atoms with van der Waals surface area (Å²) in [6, 6.07) is 75.0. The van der Waals surface area contributed by atoms with E-state index < -0.39 is 17.9 Å². The van der Waals surface area contributed by atoms with E-state index >= 15 is 0 Å². The molecule has 0 amide bonds. The summed E-state index contributed by atoms with van der Waals surface area (Å²) in [5.41, 5.74) is 29.9. The van der Waals surface area contributed by atoms with Gasteiger partial charge in [-0.2, -0.15) is 0 Å². The summed E-state index contributed by atoms with van der Waals surface area (Å²) in [6.45, 7) is 2.39. The normalized spacial score (nSPS) is 12.5. The molecule has 0 atom stereocenters. The molecule has 12 aromatic carbocycles. The second-order valence-corrected chi connectivity index (χ2v) is 30.6. The highest BCUT2D eigenvalue weighted by molar-refractivity contribution is 5.90. The number of aliphatic hydroxyl groups is 2. The first-order chi connectivity index (χ1) is 59.8. The number of halogens is 1. The first-order valence-electron chi connectivity index (χ1n) is 40.9. The molecule has 124 heavy (non-hydrogen) atoms. The number of benzene rings is 12. The summed E-state index contributed by atoms with van der Waals surface area (Å²) < 4.78 is 53.1. The number of hydrogen-bond donors (Lipinski definition) is 5. The van der Waals surface area contributed by atoms with E-state index in [9.17, 15) is 29.0 Å². The molecule has 0 aromatic heterocycles. The van der Waals surface area contributed by atoms with Gasteiger partial charge in [-0.15, -0.1) is 0 Å². The van der Waals surface area contributed by atoms with Gasteiger partial charge in [-0.3, -0.25) is 0 Å². The van der Waals surface area contributed by atoms with Crippen LogP contribution < -0.4 is 33.2 Å². The van der Waals surface area contributed by atoms with E-state index in [1.165, 1.54) is 61.7 Å². The first kappa shape index (κ1) is 89.3. The van der Waals surface area contributed by atoms with Gasteiger partial charge in [0.25, 0.3) is 0 Å². The van der Waals surface area contributed by atoms with E-state index in [0.717, 1.165) is 188 Å². The Balaban J connectivity index is 0.000000150. The lowest BCUT2D eigenvalue weighted by Crippen LogP contribution is -2.02. The van der Waals surface area contributed by atoms with Crippen molar-refractivity contribution >= 4 is 46.3 Å². The number of aryl methyl sites for hydroxylation is 6. The van der Waals surface area contributed by atoms with Crippen LogP contribution in [-0.4, -0.2) is 86.1 Å². The molecule has 0 spiro atoms. The topological polar surface area (TPSA) is 217 Å².